The Hall–Kier alpha value is 0.314. The van der Waals surface area contributed by atoms with Gasteiger partial charge < -0.3 is 14.0 Å². The fraction of sp³-hybridized carbons (Fsp3) is 1.00. The summed E-state index contributed by atoms with van der Waals surface area (Å²) in [5.41, 5.74) is -0.266. The van der Waals surface area contributed by atoms with Crippen molar-refractivity contribution in [1.82, 2.24) is 0 Å². The van der Waals surface area contributed by atoms with Gasteiger partial charge in [-0.25, -0.2) is 0 Å². The molecule has 25 heavy (non-hydrogen) atoms. The van der Waals surface area contributed by atoms with Crippen LogP contribution in [0.5, 0.6) is 0 Å². The zero-order valence-corrected chi connectivity index (χ0v) is 20.3. The standard InChI is InChI=1S/C20H42O3Si2/c1-18(2,3)24(7,8)22-17-12-11-15-16(21)13-14-20(15,17)23-25(9,10)19(4,5)6/h15-17,21H,11-14H2,1-10H3/t15-,16-,17-,20-/m0/s1. The molecule has 0 aromatic carbocycles. The second-order valence-corrected chi connectivity index (χ2v) is 21.0. The lowest BCUT2D eigenvalue weighted by Gasteiger charge is -2.49. The van der Waals surface area contributed by atoms with Crippen LogP contribution >= 0.6 is 0 Å². The van der Waals surface area contributed by atoms with E-state index in [0.29, 0.717) is 0 Å². The number of hydrogen-bond acceptors (Lipinski definition) is 3. The molecular weight excluding hydrogens is 344 g/mol. The third-order valence-corrected chi connectivity index (χ3v) is 16.7. The molecule has 0 aliphatic heterocycles. The maximum atomic E-state index is 10.6. The molecule has 0 aromatic heterocycles. The summed E-state index contributed by atoms with van der Waals surface area (Å²) in [6.07, 6.45) is 3.79. The van der Waals surface area contributed by atoms with Crippen molar-refractivity contribution < 1.29 is 14.0 Å². The highest BCUT2D eigenvalue weighted by atomic mass is 28.4. The van der Waals surface area contributed by atoms with Gasteiger partial charge in [0.15, 0.2) is 16.6 Å². The van der Waals surface area contributed by atoms with E-state index >= 15 is 0 Å². The molecule has 4 atom stereocenters. The lowest BCUT2D eigenvalue weighted by molar-refractivity contribution is -0.0613. The maximum absolute atomic E-state index is 10.6. The molecule has 2 fully saturated rings. The minimum absolute atomic E-state index is 0.143. The molecule has 0 amide bonds. The van der Waals surface area contributed by atoms with Gasteiger partial charge >= 0.3 is 0 Å². The van der Waals surface area contributed by atoms with Crippen LogP contribution in [0.2, 0.25) is 36.3 Å². The molecular formula is C20H42O3Si2. The van der Waals surface area contributed by atoms with Crippen LogP contribution in [-0.2, 0) is 8.85 Å². The van der Waals surface area contributed by atoms with Crippen LogP contribution in [0.1, 0.15) is 67.2 Å². The molecule has 0 bridgehead atoms. The molecule has 148 valence electrons. The number of fused-ring (bicyclic) bond motifs is 1. The minimum atomic E-state index is -1.93. The average molecular weight is 387 g/mol. The largest absolute Gasteiger partial charge is 0.411 e. The molecule has 2 rings (SSSR count). The van der Waals surface area contributed by atoms with Crippen molar-refractivity contribution in [3.8, 4) is 0 Å². The molecule has 3 nitrogen and oxygen atoms in total. The van der Waals surface area contributed by atoms with Crippen LogP contribution in [0.15, 0.2) is 0 Å². The molecule has 0 radical (unpaired) electrons. The first-order valence-electron chi connectivity index (χ1n) is 10.1. The predicted molar refractivity (Wildman–Crippen MR) is 111 cm³/mol. The van der Waals surface area contributed by atoms with Gasteiger partial charge in [-0.1, -0.05) is 41.5 Å². The third kappa shape index (κ3) is 3.82. The zero-order chi connectivity index (χ0) is 19.5. The van der Waals surface area contributed by atoms with Crippen LogP contribution in [0.25, 0.3) is 0 Å². The lowest BCUT2D eigenvalue weighted by atomic mass is 9.92. The third-order valence-electron chi connectivity index (χ3n) is 7.70. The monoisotopic (exact) mass is 386 g/mol. The van der Waals surface area contributed by atoms with Crippen LogP contribution in [-0.4, -0.2) is 39.6 Å². The van der Waals surface area contributed by atoms with Crippen LogP contribution < -0.4 is 0 Å². The van der Waals surface area contributed by atoms with Crippen molar-refractivity contribution in [1.29, 1.82) is 0 Å². The molecule has 0 aromatic rings. The van der Waals surface area contributed by atoms with Gasteiger partial charge in [-0.3, -0.25) is 0 Å². The predicted octanol–water partition coefficient (Wildman–Crippen LogP) is 5.70. The Labute approximate surface area is 158 Å². The Morgan fingerprint density at radius 2 is 1.36 bits per heavy atom. The Morgan fingerprint density at radius 3 is 1.84 bits per heavy atom. The highest BCUT2D eigenvalue weighted by molar-refractivity contribution is 6.74. The van der Waals surface area contributed by atoms with Crippen molar-refractivity contribution in [2.45, 2.75) is 121 Å². The smallest absolute Gasteiger partial charge is 0.192 e. The zero-order valence-electron chi connectivity index (χ0n) is 18.3. The number of rotatable bonds is 4. The maximum Gasteiger partial charge on any atom is 0.192 e. The van der Waals surface area contributed by atoms with E-state index in [2.05, 4.69) is 67.7 Å². The second-order valence-electron chi connectivity index (χ2n) is 11.5. The van der Waals surface area contributed by atoms with E-state index in [0.717, 1.165) is 25.7 Å². The van der Waals surface area contributed by atoms with E-state index in [1.54, 1.807) is 0 Å². The summed E-state index contributed by atoms with van der Waals surface area (Å²) in [4.78, 5) is 0. The molecule has 0 unspecified atom stereocenters. The van der Waals surface area contributed by atoms with E-state index in [-0.39, 0.29) is 33.8 Å². The average Bonchev–Trinajstić information content (AvgIpc) is 2.86. The Bertz CT molecular complexity index is 490. The Kier molecular flexibility index (Phi) is 5.56. The first-order valence-corrected chi connectivity index (χ1v) is 15.9. The van der Waals surface area contributed by atoms with E-state index in [4.69, 9.17) is 8.85 Å². The lowest BCUT2D eigenvalue weighted by Crippen LogP contribution is -2.58. The molecule has 1 N–H and O–H groups in total. The minimum Gasteiger partial charge on any atom is -0.411 e. The summed E-state index contributed by atoms with van der Waals surface area (Å²) in [7, 11) is -3.80. The number of aliphatic hydroxyl groups excluding tert-OH is 1. The van der Waals surface area contributed by atoms with Gasteiger partial charge in [0.25, 0.3) is 0 Å². The fourth-order valence-corrected chi connectivity index (χ4v) is 7.03. The normalized spacial score (nSPS) is 34.4. The van der Waals surface area contributed by atoms with Crippen molar-refractivity contribution in [3.63, 3.8) is 0 Å². The SMILES string of the molecule is CC(C)(C)[Si](C)(C)O[C@H]1CC[C@H]2[C@@H](O)CC[C@@]12O[Si](C)(C)C(C)(C)C. The summed E-state index contributed by atoms with van der Waals surface area (Å²) >= 11 is 0. The topological polar surface area (TPSA) is 38.7 Å². The van der Waals surface area contributed by atoms with E-state index < -0.39 is 16.6 Å². The van der Waals surface area contributed by atoms with Crippen LogP contribution in [0.3, 0.4) is 0 Å². The molecule has 2 saturated carbocycles. The molecule has 0 saturated heterocycles. The van der Waals surface area contributed by atoms with Crippen molar-refractivity contribution in [2.24, 2.45) is 5.92 Å². The molecule has 2 aliphatic rings. The fourth-order valence-electron chi connectivity index (χ4n) is 4.01. The van der Waals surface area contributed by atoms with Crippen molar-refractivity contribution >= 4 is 16.6 Å². The Morgan fingerprint density at radius 1 is 0.840 bits per heavy atom. The highest BCUT2D eigenvalue weighted by Gasteiger charge is 2.62. The molecule has 0 spiro atoms. The Balaban J connectivity index is 2.35. The van der Waals surface area contributed by atoms with Gasteiger partial charge in [0.2, 0.25) is 0 Å². The van der Waals surface area contributed by atoms with E-state index in [9.17, 15) is 5.11 Å². The van der Waals surface area contributed by atoms with E-state index in [1.165, 1.54) is 0 Å². The van der Waals surface area contributed by atoms with Gasteiger partial charge in [-0.05, 0) is 61.9 Å². The van der Waals surface area contributed by atoms with Gasteiger partial charge in [0.1, 0.15) is 0 Å². The van der Waals surface area contributed by atoms with Gasteiger partial charge in [-0.15, -0.1) is 0 Å². The first-order chi connectivity index (χ1) is 11.0. The summed E-state index contributed by atoms with van der Waals surface area (Å²) in [6, 6.07) is 0. The summed E-state index contributed by atoms with van der Waals surface area (Å²) in [6.45, 7) is 23.2. The second kappa shape index (κ2) is 6.44. The van der Waals surface area contributed by atoms with Crippen molar-refractivity contribution in [3.05, 3.63) is 0 Å². The molecule has 5 heteroatoms. The van der Waals surface area contributed by atoms with E-state index in [1.807, 2.05) is 0 Å². The van der Waals surface area contributed by atoms with Gasteiger partial charge in [0.05, 0.1) is 17.8 Å². The van der Waals surface area contributed by atoms with Gasteiger partial charge in [-0.2, -0.15) is 0 Å². The summed E-state index contributed by atoms with van der Waals surface area (Å²) < 4.78 is 14.0. The van der Waals surface area contributed by atoms with Crippen LogP contribution in [0.4, 0.5) is 0 Å². The van der Waals surface area contributed by atoms with Crippen LogP contribution in [0, 0.1) is 5.92 Å². The summed E-state index contributed by atoms with van der Waals surface area (Å²) in [5, 5.41) is 11.0. The first kappa shape index (κ1) is 21.6. The summed E-state index contributed by atoms with van der Waals surface area (Å²) in [5.74, 6) is 0.247. The number of aliphatic hydroxyl groups is 1. The quantitative estimate of drug-likeness (QED) is 0.630. The molecule has 0 heterocycles. The van der Waals surface area contributed by atoms with Gasteiger partial charge in [0, 0.05) is 5.92 Å². The van der Waals surface area contributed by atoms with Crippen molar-refractivity contribution in [2.75, 3.05) is 0 Å². The number of hydrogen-bond donors (Lipinski definition) is 1. The highest BCUT2D eigenvalue weighted by Crippen LogP contribution is 2.56. The molecule has 2 aliphatic carbocycles.